The summed E-state index contributed by atoms with van der Waals surface area (Å²) in [6, 6.07) is 1.86. The van der Waals surface area contributed by atoms with Crippen molar-refractivity contribution in [1.29, 1.82) is 0 Å². The van der Waals surface area contributed by atoms with Gasteiger partial charge in [-0.1, -0.05) is 0 Å². The normalized spacial score (nSPS) is 19.1. The molecule has 0 unspecified atom stereocenters. The first-order chi connectivity index (χ1) is 10.2. The molecule has 22 heavy (non-hydrogen) atoms. The molecular weight excluding hydrogens is 301 g/mol. The largest absolute Gasteiger partial charge is 0.481 e. The molecule has 1 saturated heterocycles. The van der Waals surface area contributed by atoms with E-state index >= 15 is 0 Å². The van der Waals surface area contributed by atoms with E-state index in [1.165, 1.54) is 11.8 Å². The first-order valence-corrected chi connectivity index (χ1v) is 6.77. The third-order valence-electron chi connectivity index (χ3n) is 3.66. The summed E-state index contributed by atoms with van der Waals surface area (Å²) in [5, 5.41) is 9.01. The molecule has 2 heterocycles. The molecule has 1 fully saturated rings. The number of carboxylic acid groups (broad SMARTS) is 1. The fourth-order valence-electron chi connectivity index (χ4n) is 2.48. The van der Waals surface area contributed by atoms with Gasteiger partial charge in [0.2, 0.25) is 0 Å². The summed E-state index contributed by atoms with van der Waals surface area (Å²) in [5.41, 5.74) is -1.00. The van der Waals surface area contributed by atoms with Crippen LogP contribution in [0.15, 0.2) is 12.1 Å². The van der Waals surface area contributed by atoms with Crippen molar-refractivity contribution in [3.63, 3.8) is 0 Å². The van der Waals surface area contributed by atoms with Gasteiger partial charge in [-0.15, -0.1) is 0 Å². The molecule has 8 heteroatoms. The van der Waals surface area contributed by atoms with E-state index in [-0.39, 0.29) is 17.8 Å². The van der Waals surface area contributed by atoms with E-state index in [9.17, 15) is 22.8 Å². The Kier molecular flexibility index (Phi) is 4.39. The van der Waals surface area contributed by atoms with Crippen LogP contribution in [0.2, 0.25) is 0 Å². The molecule has 1 amide bonds. The standard InChI is InChI=1S/C14H15F3N2O3/c1-8-10(4-5-11(18-8)14(15,16)17)12(20)19-6-2-3-9(7-19)13(21)22/h4-5,9H,2-3,6-7H2,1H3,(H,21,22)/t9-/m1/s1. The third-order valence-corrected chi connectivity index (χ3v) is 3.66. The Balaban J connectivity index is 2.21. The van der Waals surface area contributed by atoms with Gasteiger partial charge in [0, 0.05) is 13.1 Å². The zero-order valence-electron chi connectivity index (χ0n) is 11.9. The average molecular weight is 316 g/mol. The van der Waals surface area contributed by atoms with Gasteiger partial charge in [-0.2, -0.15) is 13.2 Å². The third kappa shape index (κ3) is 3.37. The average Bonchev–Trinajstić information content (AvgIpc) is 2.45. The second-order valence-electron chi connectivity index (χ2n) is 5.26. The number of carboxylic acids is 1. The molecule has 1 aliphatic rings. The SMILES string of the molecule is Cc1nc(C(F)(F)F)ccc1C(=O)N1CCC[C@@H](C(=O)O)C1. The van der Waals surface area contributed by atoms with Crippen LogP contribution in [0, 0.1) is 12.8 Å². The van der Waals surface area contributed by atoms with Crippen LogP contribution >= 0.6 is 0 Å². The van der Waals surface area contributed by atoms with Crippen LogP contribution in [0.1, 0.15) is 34.6 Å². The minimum atomic E-state index is -4.56. The van der Waals surface area contributed by atoms with Crippen molar-refractivity contribution < 1.29 is 27.9 Å². The number of alkyl halides is 3. The van der Waals surface area contributed by atoms with Gasteiger partial charge in [-0.05, 0) is 31.9 Å². The molecule has 1 aliphatic heterocycles. The molecule has 0 aromatic carbocycles. The summed E-state index contributed by atoms with van der Waals surface area (Å²) in [5.74, 6) is -2.09. The van der Waals surface area contributed by atoms with E-state index in [2.05, 4.69) is 4.98 Å². The number of aryl methyl sites for hydroxylation is 1. The highest BCUT2D eigenvalue weighted by molar-refractivity contribution is 5.95. The van der Waals surface area contributed by atoms with Crippen molar-refractivity contribution in [2.24, 2.45) is 5.92 Å². The van der Waals surface area contributed by atoms with Crippen LogP contribution in [-0.4, -0.2) is 40.0 Å². The Morgan fingerprint density at radius 3 is 2.59 bits per heavy atom. The lowest BCUT2D eigenvalue weighted by Crippen LogP contribution is -2.42. The van der Waals surface area contributed by atoms with Gasteiger partial charge in [-0.25, -0.2) is 4.98 Å². The molecule has 5 nitrogen and oxygen atoms in total. The molecule has 120 valence electrons. The fourth-order valence-corrected chi connectivity index (χ4v) is 2.48. The zero-order valence-corrected chi connectivity index (χ0v) is 11.9. The number of hydrogen-bond donors (Lipinski definition) is 1. The van der Waals surface area contributed by atoms with Crippen LogP contribution in [0.3, 0.4) is 0 Å². The Labute approximate surface area is 124 Å². The molecular formula is C14H15F3N2O3. The molecule has 2 rings (SSSR count). The highest BCUT2D eigenvalue weighted by Gasteiger charge is 2.34. The van der Waals surface area contributed by atoms with Crippen LogP contribution in [0.5, 0.6) is 0 Å². The molecule has 0 radical (unpaired) electrons. The molecule has 1 N–H and O–H groups in total. The van der Waals surface area contributed by atoms with Gasteiger partial charge in [0.25, 0.3) is 5.91 Å². The smallest absolute Gasteiger partial charge is 0.433 e. The van der Waals surface area contributed by atoms with Gasteiger partial charge in [-0.3, -0.25) is 9.59 Å². The van der Waals surface area contributed by atoms with Gasteiger partial charge < -0.3 is 10.0 Å². The van der Waals surface area contributed by atoms with Crippen molar-refractivity contribution in [2.45, 2.75) is 25.9 Å². The van der Waals surface area contributed by atoms with E-state index in [1.807, 2.05) is 0 Å². The number of aliphatic carboxylic acids is 1. The van der Waals surface area contributed by atoms with Gasteiger partial charge >= 0.3 is 12.1 Å². The number of piperidine rings is 1. The first-order valence-electron chi connectivity index (χ1n) is 6.77. The maximum atomic E-state index is 12.6. The number of rotatable bonds is 2. The Bertz CT molecular complexity index is 601. The summed E-state index contributed by atoms with van der Waals surface area (Å²) in [7, 11) is 0. The fraction of sp³-hybridized carbons (Fsp3) is 0.500. The summed E-state index contributed by atoms with van der Waals surface area (Å²) >= 11 is 0. The number of pyridine rings is 1. The second kappa shape index (κ2) is 5.94. The summed E-state index contributed by atoms with van der Waals surface area (Å²) in [6.07, 6.45) is -3.52. The van der Waals surface area contributed by atoms with Gasteiger partial charge in [0.05, 0.1) is 17.2 Å². The number of nitrogens with zero attached hydrogens (tertiary/aromatic N) is 2. The lowest BCUT2D eigenvalue weighted by atomic mass is 9.97. The number of hydrogen-bond acceptors (Lipinski definition) is 3. The summed E-state index contributed by atoms with van der Waals surface area (Å²) in [4.78, 5) is 28.2. The monoisotopic (exact) mass is 316 g/mol. The zero-order chi connectivity index (χ0) is 16.5. The van der Waals surface area contributed by atoms with Gasteiger partial charge in [0.1, 0.15) is 5.69 Å². The van der Waals surface area contributed by atoms with E-state index in [4.69, 9.17) is 5.11 Å². The number of carbonyl (C=O) groups excluding carboxylic acids is 1. The molecule has 1 atom stereocenters. The van der Waals surface area contributed by atoms with Crippen molar-refractivity contribution in [3.05, 3.63) is 29.1 Å². The van der Waals surface area contributed by atoms with Crippen LogP contribution in [-0.2, 0) is 11.0 Å². The van der Waals surface area contributed by atoms with Crippen molar-refractivity contribution in [2.75, 3.05) is 13.1 Å². The highest BCUT2D eigenvalue weighted by Crippen LogP contribution is 2.28. The Morgan fingerprint density at radius 1 is 1.36 bits per heavy atom. The molecule has 1 aromatic heterocycles. The number of carbonyl (C=O) groups is 2. The maximum Gasteiger partial charge on any atom is 0.433 e. The van der Waals surface area contributed by atoms with Crippen molar-refractivity contribution in [3.8, 4) is 0 Å². The second-order valence-corrected chi connectivity index (χ2v) is 5.26. The topological polar surface area (TPSA) is 70.5 Å². The first kappa shape index (κ1) is 16.3. The van der Waals surface area contributed by atoms with Crippen LogP contribution in [0.4, 0.5) is 13.2 Å². The van der Waals surface area contributed by atoms with E-state index in [0.29, 0.717) is 19.4 Å². The Hall–Kier alpha value is -2.12. The van der Waals surface area contributed by atoms with Crippen LogP contribution in [0.25, 0.3) is 0 Å². The van der Waals surface area contributed by atoms with E-state index < -0.39 is 29.7 Å². The number of halogens is 3. The van der Waals surface area contributed by atoms with Gasteiger partial charge in [0.15, 0.2) is 0 Å². The van der Waals surface area contributed by atoms with E-state index in [1.54, 1.807) is 0 Å². The Morgan fingerprint density at radius 2 is 2.05 bits per heavy atom. The minimum absolute atomic E-state index is 0.0164. The predicted octanol–water partition coefficient (Wildman–Crippen LogP) is 2.35. The summed E-state index contributed by atoms with van der Waals surface area (Å²) < 4.78 is 37.7. The molecule has 1 aromatic rings. The number of likely N-dealkylation sites (tertiary alicyclic amines) is 1. The van der Waals surface area contributed by atoms with Crippen LogP contribution < -0.4 is 0 Å². The lowest BCUT2D eigenvalue weighted by molar-refractivity contribution is -0.143. The molecule has 0 spiro atoms. The predicted molar refractivity (Wildman–Crippen MR) is 70.2 cm³/mol. The maximum absolute atomic E-state index is 12.6. The van der Waals surface area contributed by atoms with E-state index in [0.717, 1.165) is 12.1 Å². The molecule has 0 saturated carbocycles. The van der Waals surface area contributed by atoms with Crippen molar-refractivity contribution >= 4 is 11.9 Å². The number of amides is 1. The quantitative estimate of drug-likeness (QED) is 0.909. The highest BCUT2D eigenvalue weighted by atomic mass is 19.4. The lowest BCUT2D eigenvalue weighted by Gasteiger charge is -2.31. The van der Waals surface area contributed by atoms with Crippen molar-refractivity contribution in [1.82, 2.24) is 9.88 Å². The number of aromatic nitrogens is 1. The summed E-state index contributed by atoms with van der Waals surface area (Å²) in [6.45, 7) is 1.79. The molecule has 0 bridgehead atoms. The molecule has 0 aliphatic carbocycles. The minimum Gasteiger partial charge on any atom is -0.481 e.